The molecule has 0 radical (unpaired) electrons. The summed E-state index contributed by atoms with van der Waals surface area (Å²) in [6.07, 6.45) is 1.17. The first-order valence-corrected chi connectivity index (χ1v) is 6.14. The van der Waals surface area contributed by atoms with Crippen LogP contribution in [0.3, 0.4) is 0 Å². The summed E-state index contributed by atoms with van der Waals surface area (Å²) in [6.45, 7) is 7.40. The minimum Gasteiger partial charge on any atom is -0.418 e. The highest BCUT2D eigenvalue weighted by Gasteiger charge is 2.31. The molecular weight excluding hydrogens is 271 g/mol. The average molecular weight is 293 g/mol. The summed E-state index contributed by atoms with van der Waals surface area (Å²) < 4.78 is 55.4. The van der Waals surface area contributed by atoms with Gasteiger partial charge in [-0.05, 0) is 27.2 Å². The second kappa shape index (κ2) is 11.5. The highest BCUT2D eigenvalue weighted by atomic mass is 19.5. The van der Waals surface area contributed by atoms with Gasteiger partial charge >= 0.3 is 7.25 Å². The van der Waals surface area contributed by atoms with Gasteiger partial charge in [0.2, 0.25) is 0 Å². The number of aliphatic hydroxyl groups is 1. The molecular formula is C10H22BF4O4-. The summed E-state index contributed by atoms with van der Waals surface area (Å²) in [7, 11) is -6.00. The fourth-order valence-corrected chi connectivity index (χ4v) is 1.30. The van der Waals surface area contributed by atoms with Crippen molar-refractivity contribution in [2.24, 2.45) is 0 Å². The maximum atomic E-state index is 9.75. The first-order chi connectivity index (χ1) is 8.74. The van der Waals surface area contributed by atoms with E-state index in [1.165, 1.54) is 0 Å². The molecule has 1 N–H and O–H groups in total. The fraction of sp³-hybridized carbons (Fsp3) is 1.00. The van der Waals surface area contributed by atoms with Crippen LogP contribution < -0.4 is 0 Å². The molecule has 0 rings (SSSR count). The summed E-state index contributed by atoms with van der Waals surface area (Å²) in [6, 6.07) is 0. The number of hydrogen-bond acceptors (Lipinski definition) is 4. The third-order valence-electron chi connectivity index (χ3n) is 1.73. The molecule has 0 aliphatic heterocycles. The quantitative estimate of drug-likeness (QED) is 0.403. The third-order valence-corrected chi connectivity index (χ3v) is 1.73. The van der Waals surface area contributed by atoms with Crippen LogP contribution in [0.1, 0.15) is 33.6 Å². The lowest BCUT2D eigenvalue weighted by molar-refractivity contribution is -0.380. The molecule has 0 aliphatic carbocycles. The first-order valence-electron chi connectivity index (χ1n) is 6.14. The van der Waals surface area contributed by atoms with Crippen LogP contribution in [0.15, 0.2) is 0 Å². The van der Waals surface area contributed by atoms with Crippen LogP contribution >= 0.6 is 0 Å². The van der Waals surface area contributed by atoms with Crippen LogP contribution in [0, 0.1) is 0 Å². The van der Waals surface area contributed by atoms with E-state index in [0.29, 0.717) is 32.7 Å². The molecule has 0 amide bonds. The smallest absolute Gasteiger partial charge is 0.418 e. The predicted octanol–water partition coefficient (Wildman–Crippen LogP) is 2.82. The van der Waals surface area contributed by atoms with Crippen molar-refractivity contribution in [3.05, 3.63) is 0 Å². The lowest BCUT2D eigenvalue weighted by atomic mass is 10.3. The topological polar surface area (TPSA) is 47.9 Å². The van der Waals surface area contributed by atoms with Crippen LogP contribution in [0.2, 0.25) is 0 Å². The van der Waals surface area contributed by atoms with Crippen LogP contribution in [-0.2, 0) is 14.2 Å². The van der Waals surface area contributed by atoms with Gasteiger partial charge in [-0.2, -0.15) is 0 Å². The SMILES string of the molecule is CCOC(CCCO)(OCC)OCC.F[B-](F)(F)F. The standard InChI is InChI=1S/C10H22O4.BF4/c1-4-12-10(13-5-2,14-6-3)8-7-9-11;2-1(3,4)5/h11H,4-9H2,1-3H3;/q;-1. The summed E-state index contributed by atoms with van der Waals surface area (Å²) in [5.74, 6) is -0.957. The highest BCUT2D eigenvalue weighted by Crippen LogP contribution is 2.21. The maximum absolute atomic E-state index is 9.75. The van der Waals surface area contributed by atoms with Gasteiger partial charge in [-0.3, -0.25) is 0 Å². The molecule has 0 saturated carbocycles. The average Bonchev–Trinajstić information content (AvgIpc) is 2.25. The zero-order valence-corrected chi connectivity index (χ0v) is 11.5. The Bertz CT molecular complexity index is 181. The van der Waals surface area contributed by atoms with Crippen molar-refractivity contribution in [3.63, 3.8) is 0 Å². The summed E-state index contributed by atoms with van der Waals surface area (Å²) in [4.78, 5) is 0. The number of rotatable bonds is 9. The molecule has 0 aromatic carbocycles. The number of ether oxygens (including phenoxy) is 3. The van der Waals surface area contributed by atoms with Crippen molar-refractivity contribution in [1.82, 2.24) is 0 Å². The molecule has 0 saturated heterocycles. The van der Waals surface area contributed by atoms with Gasteiger partial charge in [-0.15, -0.1) is 0 Å². The van der Waals surface area contributed by atoms with E-state index >= 15 is 0 Å². The monoisotopic (exact) mass is 293 g/mol. The van der Waals surface area contributed by atoms with Gasteiger partial charge in [0.1, 0.15) is 0 Å². The number of hydrogen-bond donors (Lipinski definition) is 1. The zero-order chi connectivity index (χ0) is 15.4. The van der Waals surface area contributed by atoms with E-state index in [-0.39, 0.29) is 6.61 Å². The number of halogens is 4. The third kappa shape index (κ3) is 15.6. The van der Waals surface area contributed by atoms with E-state index in [1.54, 1.807) is 0 Å². The van der Waals surface area contributed by atoms with E-state index in [1.807, 2.05) is 20.8 Å². The Labute approximate surface area is 111 Å². The van der Waals surface area contributed by atoms with Crippen molar-refractivity contribution in [1.29, 1.82) is 0 Å². The number of aliphatic hydroxyl groups excluding tert-OH is 1. The molecule has 118 valence electrons. The van der Waals surface area contributed by atoms with Gasteiger partial charge in [-0.25, -0.2) is 0 Å². The van der Waals surface area contributed by atoms with Crippen molar-refractivity contribution in [2.75, 3.05) is 26.4 Å². The molecule has 0 bridgehead atoms. The van der Waals surface area contributed by atoms with E-state index in [0.717, 1.165) is 0 Å². The molecule has 0 heterocycles. The Morgan fingerprint density at radius 3 is 1.42 bits per heavy atom. The van der Waals surface area contributed by atoms with E-state index in [4.69, 9.17) is 19.3 Å². The Morgan fingerprint density at radius 2 is 1.21 bits per heavy atom. The second-order valence-electron chi connectivity index (χ2n) is 3.30. The largest absolute Gasteiger partial charge is 0.673 e. The predicted molar refractivity (Wildman–Crippen MR) is 64.1 cm³/mol. The molecule has 19 heavy (non-hydrogen) atoms. The molecule has 9 heteroatoms. The Hall–Kier alpha value is -0.375. The Morgan fingerprint density at radius 1 is 0.895 bits per heavy atom. The van der Waals surface area contributed by atoms with Gasteiger partial charge in [0.15, 0.2) is 0 Å². The fourth-order valence-electron chi connectivity index (χ4n) is 1.30. The van der Waals surface area contributed by atoms with E-state index < -0.39 is 13.2 Å². The minimum atomic E-state index is -6.00. The van der Waals surface area contributed by atoms with Crippen molar-refractivity contribution in [2.45, 2.75) is 39.6 Å². The van der Waals surface area contributed by atoms with Gasteiger partial charge in [-0.1, -0.05) is 0 Å². The van der Waals surface area contributed by atoms with Crippen LogP contribution in [0.25, 0.3) is 0 Å². The normalized spacial score (nSPS) is 12.0. The van der Waals surface area contributed by atoms with Crippen molar-refractivity contribution >= 4 is 7.25 Å². The maximum Gasteiger partial charge on any atom is 0.673 e. The Kier molecular flexibility index (Phi) is 12.6. The summed E-state index contributed by atoms with van der Waals surface area (Å²) >= 11 is 0. The van der Waals surface area contributed by atoms with E-state index in [9.17, 15) is 17.3 Å². The summed E-state index contributed by atoms with van der Waals surface area (Å²) in [5.41, 5.74) is 0. The molecule has 0 unspecified atom stereocenters. The second-order valence-corrected chi connectivity index (χ2v) is 3.30. The first kappa shape index (κ1) is 20.9. The van der Waals surface area contributed by atoms with Gasteiger partial charge in [0, 0.05) is 32.8 Å². The lowest BCUT2D eigenvalue weighted by Crippen LogP contribution is -2.39. The molecule has 0 aromatic heterocycles. The van der Waals surface area contributed by atoms with Crippen LogP contribution in [-0.4, -0.2) is 44.8 Å². The lowest BCUT2D eigenvalue weighted by Gasteiger charge is -2.32. The molecule has 0 aromatic rings. The van der Waals surface area contributed by atoms with Gasteiger partial charge in [0.25, 0.3) is 5.97 Å². The molecule has 0 spiro atoms. The van der Waals surface area contributed by atoms with Crippen molar-refractivity contribution in [3.8, 4) is 0 Å². The summed E-state index contributed by atoms with van der Waals surface area (Å²) in [5, 5.41) is 8.77. The molecule has 4 nitrogen and oxygen atoms in total. The zero-order valence-electron chi connectivity index (χ0n) is 11.5. The minimum absolute atomic E-state index is 0.120. The highest BCUT2D eigenvalue weighted by molar-refractivity contribution is 6.50. The molecule has 0 fully saturated rings. The van der Waals surface area contributed by atoms with E-state index in [2.05, 4.69) is 0 Å². The van der Waals surface area contributed by atoms with Crippen molar-refractivity contribution < 1.29 is 36.6 Å². The molecule has 0 atom stereocenters. The Balaban J connectivity index is 0. The van der Waals surface area contributed by atoms with Gasteiger partial charge in [0.05, 0.1) is 0 Å². The van der Waals surface area contributed by atoms with Crippen LogP contribution in [0.5, 0.6) is 0 Å². The van der Waals surface area contributed by atoms with Crippen LogP contribution in [0.4, 0.5) is 17.3 Å². The molecule has 0 aliphatic rings. The van der Waals surface area contributed by atoms with Gasteiger partial charge < -0.3 is 36.6 Å².